The highest BCUT2D eigenvalue weighted by atomic mass is 32.1. The molecule has 0 radical (unpaired) electrons. The molecule has 0 saturated carbocycles. The summed E-state index contributed by atoms with van der Waals surface area (Å²) in [5.74, 6) is -1.07. The number of rotatable bonds is 7. The summed E-state index contributed by atoms with van der Waals surface area (Å²) < 4.78 is 5.50. The van der Waals surface area contributed by atoms with Crippen molar-refractivity contribution in [2.24, 2.45) is 0 Å². The molecule has 1 aromatic heterocycles. The van der Waals surface area contributed by atoms with Gasteiger partial charge in [0, 0.05) is 23.1 Å². The molecule has 1 amide bonds. The number of amides is 1. The first-order valence-electron chi connectivity index (χ1n) is 9.37. The Morgan fingerprint density at radius 2 is 1.67 bits per heavy atom. The second-order valence-electron chi connectivity index (χ2n) is 6.62. The number of thiophene rings is 1. The Hall–Kier alpha value is -3.51. The molecule has 1 heterocycles. The highest BCUT2D eigenvalue weighted by Gasteiger charge is 2.23. The van der Waals surface area contributed by atoms with Gasteiger partial charge in [-0.25, -0.2) is 4.79 Å². The van der Waals surface area contributed by atoms with Gasteiger partial charge in [0.1, 0.15) is 0 Å². The molecule has 0 bridgehead atoms. The maximum atomic E-state index is 12.9. The molecule has 2 aromatic carbocycles. The maximum Gasteiger partial charge on any atom is 0.340 e. The normalized spacial score (nSPS) is 12.1. The Morgan fingerprint density at radius 3 is 2.27 bits per heavy atom. The number of nitrogens with one attached hydrogen (secondary N) is 1. The van der Waals surface area contributed by atoms with E-state index >= 15 is 0 Å². The zero-order valence-electron chi connectivity index (χ0n) is 16.6. The van der Waals surface area contributed by atoms with Crippen LogP contribution < -0.4 is 5.32 Å². The fraction of sp³-hybridized carbons (Fsp3) is 0.125. The lowest BCUT2D eigenvalue weighted by molar-refractivity contribution is -0.139. The summed E-state index contributed by atoms with van der Waals surface area (Å²) in [6.45, 7) is 2.96. The molecule has 0 aliphatic heterocycles. The molecule has 0 aliphatic rings. The van der Waals surface area contributed by atoms with Gasteiger partial charge < -0.3 is 10.1 Å². The molecular formula is C24H21NO4S. The second-order valence-corrected chi connectivity index (χ2v) is 7.56. The summed E-state index contributed by atoms with van der Waals surface area (Å²) >= 11 is 1.43. The van der Waals surface area contributed by atoms with Crippen LogP contribution in [-0.2, 0) is 14.3 Å². The molecule has 1 N–H and O–H groups in total. The van der Waals surface area contributed by atoms with Crippen LogP contribution in [0.15, 0.2) is 72.1 Å². The van der Waals surface area contributed by atoms with Crippen molar-refractivity contribution in [3.63, 3.8) is 0 Å². The third kappa shape index (κ3) is 5.52. The third-order valence-corrected chi connectivity index (χ3v) is 5.16. The van der Waals surface area contributed by atoms with Crippen LogP contribution >= 0.6 is 11.3 Å². The number of hydrogen-bond acceptors (Lipinski definition) is 5. The van der Waals surface area contributed by atoms with Gasteiger partial charge in [-0.1, -0.05) is 36.4 Å². The number of carbonyl (C=O) groups is 3. The Bertz CT molecular complexity index is 1050. The van der Waals surface area contributed by atoms with Gasteiger partial charge in [0.15, 0.2) is 6.10 Å². The van der Waals surface area contributed by atoms with E-state index in [-0.39, 0.29) is 11.7 Å². The van der Waals surface area contributed by atoms with Crippen molar-refractivity contribution in [2.45, 2.75) is 20.0 Å². The molecule has 0 aliphatic carbocycles. The summed E-state index contributed by atoms with van der Waals surface area (Å²) in [7, 11) is 0. The molecule has 0 fully saturated rings. The number of hydrogen-bond donors (Lipinski definition) is 1. The largest absolute Gasteiger partial charge is 0.451 e. The van der Waals surface area contributed by atoms with Crippen LogP contribution in [0.1, 0.15) is 34.6 Å². The molecule has 3 rings (SSSR count). The minimum Gasteiger partial charge on any atom is -0.451 e. The second kappa shape index (κ2) is 9.80. The van der Waals surface area contributed by atoms with Crippen LogP contribution in [0.25, 0.3) is 11.6 Å². The SMILES string of the molecule is CC(=O)Nc1ccc(C(=O)C(C)OC(=O)/C(=C/c2ccccc2)c2cccs2)cc1. The lowest BCUT2D eigenvalue weighted by atomic mass is 10.1. The van der Waals surface area contributed by atoms with Crippen molar-refractivity contribution in [2.75, 3.05) is 5.32 Å². The van der Waals surface area contributed by atoms with E-state index in [0.29, 0.717) is 16.8 Å². The van der Waals surface area contributed by atoms with Gasteiger partial charge in [-0.05, 0) is 54.3 Å². The zero-order valence-corrected chi connectivity index (χ0v) is 17.4. The van der Waals surface area contributed by atoms with E-state index in [9.17, 15) is 14.4 Å². The lowest BCUT2D eigenvalue weighted by Gasteiger charge is -2.14. The first-order chi connectivity index (χ1) is 14.4. The van der Waals surface area contributed by atoms with Crippen LogP contribution in [-0.4, -0.2) is 23.8 Å². The van der Waals surface area contributed by atoms with E-state index in [1.54, 1.807) is 37.3 Å². The summed E-state index contributed by atoms with van der Waals surface area (Å²) in [6.07, 6.45) is 0.802. The van der Waals surface area contributed by atoms with Crippen molar-refractivity contribution in [1.29, 1.82) is 0 Å². The lowest BCUT2D eigenvalue weighted by Crippen LogP contribution is -2.24. The van der Waals surface area contributed by atoms with E-state index < -0.39 is 12.1 Å². The predicted molar refractivity (Wildman–Crippen MR) is 119 cm³/mol. The minimum atomic E-state index is -0.955. The van der Waals surface area contributed by atoms with Crippen molar-refractivity contribution in [1.82, 2.24) is 0 Å². The molecule has 0 saturated heterocycles. The zero-order chi connectivity index (χ0) is 21.5. The number of anilines is 1. The standard InChI is InChI=1S/C24H21NO4S/c1-16(23(27)19-10-12-20(13-11-19)25-17(2)26)29-24(28)21(22-9-6-14-30-22)15-18-7-4-3-5-8-18/h3-16H,1-2H3,(H,25,26)/b21-15+. The molecule has 30 heavy (non-hydrogen) atoms. The van der Waals surface area contributed by atoms with Crippen LogP contribution in [0.2, 0.25) is 0 Å². The quantitative estimate of drug-likeness (QED) is 0.330. The average molecular weight is 420 g/mol. The molecule has 152 valence electrons. The highest BCUT2D eigenvalue weighted by molar-refractivity contribution is 7.11. The Kier molecular flexibility index (Phi) is 6.93. The van der Waals surface area contributed by atoms with Gasteiger partial charge in [-0.15, -0.1) is 11.3 Å². The molecule has 1 unspecified atom stereocenters. The molecule has 6 heteroatoms. The number of carbonyl (C=O) groups excluding carboxylic acids is 3. The van der Waals surface area contributed by atoms with E-state index in [1.165, 1.54) is 18.3 Å². The first-order valence-corrected chi connectivity index (χ1v) is 10.3. The highest BCUT2D eigenvalue weighted by Crippen LogP contribution is 2.25. The van der Waals surface area contributed by atoms with E-state index in [4.69, 9.17) is 4.74 Å². The molecule has 0 spiro atoms. The first kappa shape index (κ1) is 21.2. The van der Waals surface area contributed by atoms with Crippen LogP contribution in [0, 0.1) is 0 Å². The predicted octanol–water partition coefficient (Wildman–Crippen LogP) is 5.06. The van der Waals surface area contributed by atoms with Crippen LogP contribution in [0.3, 0.4) is 0 Å². The van der Waals surface area contributed by atoms with E-state index in [1.807, 2.05) is 47.8 Å². The smallest absolute Gasteiger partial charge is 0.340 e. The van der Waals surface area contributed by atoms with Gasteiger partial charge >= 0.3 is 5.97 Å². The van der Waals surface area contributed by atoms with E-state index in [0.717, 1.165) is 10.4 Å². The summed E-state index contributed by atoms with van der Waals surface area (Å²) in [6, 6.07) is 19.6. The molecule has 1 atom stereocenters. The number of benzene rings is 2. The van der Waals surface area contributed by atoms with Gasteiger partial charge in [0.2, 0.25) is 11.7 Å². The summed E-state index contributed by atoms with van der Waals surface area (Å²) in [4.78, 5) is 37.5. The fourth-order valence-corrected chi connectivity index (χ4v) is 3.54. The average Bonchev–Trinajstić information content (AvgIpc) is 3.26. The molecular weight excluding hydrogens is 398 g/mol. The van der Waals surface area contributed by atoms with Gasteiger partial charge in [0.05, 0.1) is 5.57 Å². The van der Waals surface area contributed by atoms with Crippen molar-refractivity contribution in [3.8, 4) is 0 Å². The topological polar surface area (TPSA) is 72.5 Å². The van der Waals surface area contributed by atoms with Gasteiger partial charge in [0.25, 0.3) is 0 Å². The fourth-order valence-electron chi connectivity index (χ4n) is 2.81. The Balaban J connectivity index is 1.76. The maximum absolute atomic E-state index is 12.9. The summed E-state index contributed by atoms with van der Waals surface area (Å²) in [5, 5.41) is 4.53. The Labute approximate surface area is 179 Å². The number of Topliss-reactive ketones (excluding diaryl/α,β-unsaturated/α-hetero) is 1. The van der Waals surface area contributed by atoms with Crippen LogP contribution in [0.4, 0.5) is 5.69 Å². The van der Waals surface area contributed by atoms with Crippen LogP contribution in [0.5, 0.6) is 0 Å². The van der Waals surface area contributed by atoms with E-state index in [2.05, 4.69) is 5.32 Å². The third-order valence-electron chi connectivity index (χ3n) is 4.26. The Morgan fingerprint density at radius 1 is 0.967 bits per heavy atom. The van der Waals surface area contributed by atoms with Crippen molar-refractivity contribution in [3.05, 3.63) is 88.1 Å². The van der Waals surface area contributed by atoms with Crippen molar-refractivity contribution >= 4 is 46.3 Å². The monoisotopic (exact) mass is 419 g/mol. The van der Waals surface area contributed by atoms with Gasteiger partial charge in [-0.2, -0.15) is 0 Å². The number of ether oxygens (including phenoxy) is 1. The van der Waals surface area contributed by atoms with Gasteiger partial charge in [-0.3, -0.25) is 9.59 Å². The van der Waals surface area contributed by atoms with Crippen molar-refractivity contribution < 1.29 is 19.1 Å². The summed E-state index contributed by atoms with van der Waals surface area (Å²) in [5.41, 5.74) is 2.26. The molecule has 3 aromatic rings. The number of ketones is 1. The number of esters is 1. The minimum absolute atomic E-state index is 0.192. The molecule has 5 nitrogen and oxygen atoms in total.